The van der Waals surface area contributed by atoms with Crippen LogP contribution in [0.2, 0.25) is 0 Å². The van der Waals surface area contributed by atoms with Gasteiger partial charge < -0.3 is 10.6 Å². The molecule has 1 unspecified atom stereocenters. The average Bonchev–Trinajstić information content (AvgIpc) is 2.57. The Labute approximate surface area is 156 Å². The first-order valence-corrected chi connectivity index (χ1v) is 9.04. The zero-order chi connectivity index (χ0) is 19.3. The normalized spacial score (nSPS) is 11.9. The minimum Gasteiger partial charge on any atom is -0.326 e. The maximum atomic E-state index is 12.6. The molecule has 2 aromatic rings. The van der Waals surface area contributed by atoms with E-state index in [1.54, 1.807) is 6.07 Å². The maximum absolute atomic E-state index is 12.6. The molecule has 0 heterocycles. The molecule has 0 bridgehead atoms. The van der Waals surface area contributed by atoms with Crippen LogP contribution in [0.4, 0.5) is 11.4 Å². The van der Waals surface area contributed by atoms with E-state index >= 15 is 0 Å². The van der Waals surface area contributed by atoms with Crippen LogP contribution < -0.4 is 10.6 Å². The first kappa shape index (κ1) is 19.7. The number of hydrogen-bond donors (Lipinski definition) is 2. The van der Waals surface area contributed by atoms with Gasteiger partial charge >= 0.3 is 0 Å². The molecule has 4 heteroatoms. The molecule has 0 aliphatic heterocycles. The molecule has 2 rings (SSSR count). The van der Waals surface area contributed by atoms with Gasteiger partial charge in [-0.1, -0.05) is 44.2 Å². The Hall–Kier alpha value is -2.62. The molecule has 0 fully saturated rings. The van der Waals surface area contributed by atoms with Gasteiger partial charge in [0.2, 0.25) is 11.8 Å². The summed E-state index contributed by atoms with van der Waals surface area (Å²) < 4.78 is 0. The zero-order valence-electron chi connectivity index (χ0n) is 16.2. The van der Waals surface area contributed by atoms with Crippen LogP contribution in [0, 0.1) is 12.8 Å². The summed E-state index contributed by atoms with van der Waals surface area (Å²) in [6.07, 6.45) is 1.04. The molecule has 0 spiro atoms. The summed E-state index contributed by atoms with van der Waals surface area (Å²) >= 11 is 0. The van der Waals surface area contributed by atoms with Crippen LogP contribution in [0.5, 0.6) is 0 Å². The second kappa shape index (κ2) is 8.65. The number of nitrogens with one attached hydrogen (secondary N) is 2. The second-order valence-corrected chi connectivity index (χ2v) is 7.26. The number of carbonyl (C=O) groups excluding carboxylic acids is 2. The monoisotopic (exact) mass is 352 g/mol. The molecule has 2 aromatic carbocycles. The lowest BCUT2D eigenvalue weighted by molar-refractivity contribution is -0.117. The number of benzene rings is 2. The quantitative estimate of drug-likeness (QED) is 0.777. The van der Waals surface area contributed by atoms with Crippen LogP contribution in [0.15, 0.2) is 42.5 Å². The Bertz CT molecular complexity index is 779. The highest BCUT2D eigenvalue weighted by molar-refractivity contribution is 5.97. The second-order valence-electron chi connectivity index (χ2n) is 7.26. The first-order chi connectivity index (χ1) is 12.3. The maximum Gasteiger partial charge on any atom is 0.231 e. The molecule has 0 aliphatic carbocycles. The largest absolute Gasteiger partial charge is 0.326 e. The van der Waals surface area contributed by atoms with Crippen molar-refractivity contribution in [3.8, 4) is 0 Å². The third-order valence-electron chi connectivity index (χ3n) is 4.33. The standard InChI is InChI=1S/C22H28N2O2/c1-14(2)12-18-7-9-19(10-8-18)16(4)22(26)24-20-11-6-15(3)21(13-20)23-17(5)25/h6-11,13-14,16H,12H2,1-5H3,(H,23,25)(H,24,26). The van der Waals surface area contributed by atoms with Crippen LogP contribution >= 0.6 is 0 Å². The van der Waals surface area contributed by atoms with E-state index in [4.69, 9.17) is 0 Å². The number of aryl methyl sites for hydroxylation is 1. The van der Waals surface area contributed by atoms with Crippen molar-refractivity contribution in [3.63, 3.8) is 0 Å². The van der Waals surface area contributed by atoms with Gasteiger partial charge in [-0.25, -0.2) is 0 Å². The van der Waals surface area contributed by atoms with Crippen molar-refractivity contribution >= 4 is 23.2 Å². The highest BCUT2D eigenvalue weighted by atomic mass is 16.2. The van der Waals surface area contributed by atoms with Crippen LogP contribution in [0.25, 0.3) is 0 Å². The molecule has 138 valence electrons. The lowest BCUT2D eigenvalue weighted by Crippen LogP contribution is -2.19. The molecular weight excluding hydrogens is 324 g/mol. The molecule has 0 radical (unpaired) electrons. The molecule has 0 aliphatic rings. The average molecular weight is 352 g/mol. The van der Waals surface area contributed by atoms with Gasteiger partial charge in [0.25, 0.3) is 0 Å². The fourth-order valence-electron chi connectivity index (χ4n) is 2.84. The Kier molecular flexibility index (Phi) is 6.56. The van der Waals surface area contributed by atoms with Crippen molar-refractivity contribution in [2.45, 2.75) is 47.0 Å². The fraction of sp³-hybridized carbons (Fsp3) is 0.364. The van der Waals surface area contributed by atoms with Crippen LogP contribution in [0.3, 0.4) is 0 Å². The summed E-state index contributed by atoms with van der Waals surface area (Å²) in [6.45, 7) is 9.67. The molecule has 0 saturated carbocycles. The number of hydrogen-bond acceptors (Lipinski definition) is 2. The van der Waals surface area contributed by atoms with Crippen LogP contribution in [0.1, 0.15) is 50.3 Å². The molecular formula is C22H28N2O2. The number of anilines is 2. The smallest absolute Gasteiger partial charge is 0.231 e. The lowest BCUT2D eigenvalue weighted by Gasteiger charge is -2.15. The molecule has 0 aromatic heterocycles. The van der Waals surface area contributed by atoms with Gasteiger partial charge in [-0.05, 0) is 55.0 Å². The van der Waals surface area contributed by atoms with E-state index in [0.29, 0.717) is 17.3 Å². The summed E-state index contributed by atoms with van der Waals surface area (Å²) in [7, 11) is 0. The van der Waals surface area contributed by atoms with Crippen molar-refractivity contribution < 1.29 is 9.59 Å². The van der Waals surface area contributed by atoms with E-state index in [2.05, 4.69) is 36.6 Å². The van der Waals surface area contributed by atoms with Crippen LogP contribution in [-0.2, 0) is 16.0 Å². The number of amides is 2. The SMILES string of the molecule is CC(=O)Nc1cc(NC(=O)C(C)c2ccc(CC(C)C)cc2)ccc1C. The van der Waals surface area contributed by atoms with E-state index < -0.39 is 0 Å². The van der Waals surface area contributed by atoms with Gasteiger partial charge in [0, 0.05) is 18.3 Å². The van der Waals surface area contributed by atoms with Crippen molar-refractivity contribution in [2.75, 3.05) is 10.6 Å². The predicted octanol–water partition coefficient (Wildman–Crippen LogP) is 4.89. The third kappa shape index (κ3) is 5.45. The molecule has 4 nitrogen and oxygen atoms in total. The lowest BCUT2D eigenvalue weighted by atomic mass is 9.96. The molecule has 26 heavy (non-hydrogen) atoms. The topological polar surface area (TPSA) is 58.2 Å². The van der Waals surface area contributed by atoms with Crippen molar-refractivity contribution in [1.82, 2.24) is 0 Å². The van der Waals surface area contributed by atoms with Gasteiger partial charge in [-0.3, -0.25) is 9.59 Å². The predicted molar refractivity (Wildman–Crippen MR) is 108 cm³/mol. The minimum absolute atomic E-state index is 0.0702. The van der Waals surface area contributed by atoms with E-state index in [9.17, 15) is 9.59 Å². The van der Waals surface area contributed by atoms with Gasteiger partial charge in [-0.2, -0.15) is 0 Å². The van der Waals surface area contributed by atoms with Crippen LogP contribution in [-0.4, -0.2) is 11.8 Å². The van der Waals surface area contributed by atoms with Gasteiger partial charge in [-0.15, -0.1) is 0 Å². The number of rotatable bonds is 6. The number of carbonyl (C=O) groups is 2. The van der Waals surface area contributed by atoms with E-state index in [1.165, 1.54) is 12.5 Å². The Morgan fingerprint density at radius 3 is 2.19 bits per heavy atom. The van der Waals surface area contributed by atoms with Gasteiger partial charge in [0.1, 0.15) is 0 Å². The van der Waals surface area contributed by atoms with Crippen molar-refractivity contribution in [3.05, 3.63) is 59.2 Å². The Balaban J connectivity index is 2.08. The summed E-state index contributed by atoms with van der Waals surface area (Å²) in [5, 5.41) is 5.72. The van der Waals surface area contributed by atoms with Gasteiger partial charge in [0.05, 0.1) is 5.92 Å². The highest BCUT2D eigenvalue weighted by Crippen LogP contribution is 2.23. The van der Waals surface area contributed by atoms with E-state index in [1.807, 2.05) is 38.1 Å². The minimum atomic E-state index is -0.256. The molecule has 1 atom stereocenters. The first-order valence-electron chi connectivity index (χ1n) is 9.04. The Morgan fingerprint density at radius 2 is 1.62 bits per heavy atom. The zero-order valence-corrected chi connectivity index (χ0v) is 16.2. The molecule has 0 saturated heterocycles. The summed E-state index contributed by atoms with van der Waals surface area (Å²) in [5.41, 5.74) is 4.61. The third-order valence-corrected chi connectivity index (χ3v) is 4.33. The fourth-order valence-corrected chi connectivity index (χ4v) is 2.84. The van der Waals surface area contributed by atoms with Crippen molar-refractivity contribution in [1.29, 1.82) is 0 Å². The van der Waals surface area contributed by atoms with E-state index in [-0.39, 0.29) is 17.7 Å². The highest BCUT2D eigenvalue weighted by Gasteiger charge is 2.16. The summed E-state index contributed by atoms with van der Waals surface area (Å²) in [4.78, 5) is 23.9. The summed E-state index contributed by atoms with van der Waals surface area (Å²) in [5.74, 6) is 0.153. The molecule has 2 amide bonds. The molecule has 2 N–H and O–H groups in total. The van der Waals surface area contributed by atoms with Gasteiger partial charge in [0.15, 0.2) is 0 Å². The summed E-state index contributed by atoms with van der Waals surface area (Å²) in [6, 6.07) is 13.8. The van der Waals surface area contributed by atoms with E-state index in [0.717, 1.165) is 17.5 Å². The van der Waals surface area contributed by atoms with Crippen molar-refractivity contribution in [2.24, 2.45) is 5.92 Å². The Morgan fingerprint density at radius 1 is 0.962 bits per heavy atom.